The van der Waals surface area contributed by atoms with Crippen molar-refractivity contribution < 1.29 is 4.74 Å². The van der Waals surface area contributed by atoms with E-state index in [0.717, 1.165) is 19.5 Å². The first-order chi connectivity index (χ1) is 7.43. The molecule has 0 amide bonds. The van der Waals surface area contributed by atoms with E-state index in [1.165, 1.54) is 0 Å². The second-order valence-corrected chi connectivity index (χ2v) is 3.53. The molecule has 78 valence electrons. The van der Waals surface area contributed by atoms with Gasteiger partial charge in [-0.15, -0.1) is 10.2 Å². The molecule has 0 spiro atoms. The van der Waals surface area contributed by atoms with Crippen LogP contribution in [0.5, 0.6) is 5.88 Å². The van der Waals surface area contributed by atoms with Crippen molar-refractivity contribution in [3.05, 3.63) is 18.7 Å². The minimum Gasteiger partial charge on any atom is -0.470 e. The molecular formula is C9H11N5O. The summed E-state index contributed by atoms with van der Waals surface area (Å²) in [5, 5.41) is 11.0. The van der Waals surface area contributed by atoms with E-state index in [4.69, 9.17) is 4.74 Å². The Morgan fingerprint density at radius 3 is 3.40 bits per heavy atom. The first kappa shape index (κ1) is 8.60. The molecule has 1 fully saturated rings. The Bertz CT molecular complexity index is 462. The van der Waals surface area contributed by atoms with E-state index < -0.39 is 0 Å². The maximum absolute atomic E-state index is 5.75. The van der Waals surface area contributed by atoms with Crippen molar-refractivity contribution in [2.45, 2.75) is 12.5 Å². The lowest BCUT2D eigenvalue weighted by Gasteiger charge is -2.10. The molecule has 6 heteroatoms. The first-order valence-corrected chi connectivity index (χ1v) is 4.95. The number of nitrogens with one attached hydrogen (secondary N) is 1. The van der Waals surface area contributed by atoms with Crippen LogP contribution in [0.1, 0.15) is 6.42 Å². The molecule has 2 aromatic rings. The highest BCUT2D eigenvalue weighted by atomic mass is 16.5. The third-order valence-corrected chi connectivity index (χ3v) is 2.48. The van der Waals surface area contributed by atoms with Gasteiger partial charge >= 0.3 is 0 Å². The highest BCUT2D eigenvalue weighted by molar-refractivity contribution is 5.47. The average Bonchev–Trinajstić information content (AvgIpc) is 2.87. The van der Waals surface area contributed by atoms with Gasteiger partial charge in [-0.1, -0.05) is 0 Å². The smallest absolute Gasteiger partial charge is 0.260 e. The van der Waals surface area contributed by atoms with Crippen LogP contribution >= 0.6 is 0 Å². The molecule has 1 N–H and O–H groups in total. The van der Waals surface area contributed by atoms with Crippen LogP contribution in [0, 0.1) is 0 Å². The molecule has 1 aliphatic rings. The summed E-state index contributed by atoms with van der Waals surface area (Å²) in [5.41, 5.74) is 0.671. The van der Waals surface area contributed by atoms with Gasteiger partial charge in [0.25, 0.3) is 5.88 Å². The minimum absolute atomic E-state index is 0.195. The number of nitrogens with zero attached hydrogens (tertiary/aromatic N) is 4. The summed E-state index contributed by atoms with van der Waals surface area (Å²) in [6.07, 6.45) is 6.33. The van der Waals surface area contributed by atoms with Gasteiger partial charge in [-0.2, -0.15) is 0 Å². The predicted octanol–water partition coefficient (Wildman–Crippen LogP) is -0.135. The first-order valence-electron chi connectivity index (χ1n) is 4.95. The van der Waals surface area contributed by atoms with Crippen LogP contribution in [0.15, 0.2) is 18.7 Å². The second kappa shape index (κ2) is 3.47. The van der Waals surface area contributed by atoms with Crippen molar-refractivity contribution in [2.75, 3.05) is 13.1 Å². The largest absolute Gasteiger partial charge is 0.470 e. The van der Waals surface area contributed by atoms with E-state index >= 15 is 0 Å². The Morgan fingerprint density at radius 2 is 2.53 bits per heavy atom. The van der Waals surface area contributed by atoms with Gasteiger partial charge in [0.1, 0.15) is 12.4 Å². The molecule has 1 aliphatic heterocycles. The highest BCUT2D eigenvalue weighted by Crippen LogP contribution is 2.16. The molecule has 1 atom stereocenters. The van der Waals surface area contributed by atoms with E-state index in [2.05, 4.69) is 20.5 Å². The minimum atomic E-state index is 0.195. The summed E-state index contributed by atoms with van der Waals surface area (Å²) in [6.45, 7) is 1.87. The third-order valence-electron chi connectivity index (χ3n) is 2.48. The van der Waals surface area contributed by atoms with Crippen LogP contribution in [0.3, 0.4) is 0 Å². The lowest BCUT2D eigenvalue weighted by Crippen LogP contribution is -2.20. The van der Waals surface area contributed by atoms with Gasteiger partial charge in [-0.3, -0.25) is 4.40 Å². The summed E-state index contributed by atoms with van der Waals surface area (Å²) < 4.78 is 7.55. The number of hydrogen-bond donors (Lipinski definition) is 1. The average molecular weight is 205 g/mol. The lowest BCUT2D eigenvalue weighted by molar-refractivity contribution is 0.215. The normalized spacial score (nSPS) is 20.9. The van der Waals surface area contributed by atoms with Crippen LogP contribution in [0.2, 0.25) is 0 Å². The molecule has 3 rings (SSSR count). The summed E-state index contributed by atoms with van der Waals surface area (Å²) in [4.78, 5) is 4.17. The summed E-state index contributed by atoms with van der Waals surface area (Å²) in [7, 11) is 0. The van der Waals surface area contributed by atoms with E-state index in [0.29, 0.717) is 11.5 Å². The molecule has 2 aromatic heterocycles. The number of fused-ring (bicyclic) bond motifs is 1. The van der Waals surface area contributed by atoms with Gasteiger partial charge in [0, 0.05) is 18.9 Å². The van der Waals surface area contributed by atoms with Crippen molar-refractivity contribution >= 4 is 5.65 Å². The molecule has 0 aromatic carbocycles. The van der Waals surface area contributed by atoms with Gasteiger partial charge in [-0.05, 0) is 13.0 Å². The van der Waals surface area contributed by atoms with Crippen LogP contribution in [-0.4, -0.2) is 38.8 Å². The van der Waals surface area contributed by atoms with Crippen molar-refractivity contribution in [3.63, 3.8) is 0 Å². The van der Waals surface area contributed by atoms with Gasteiger partial charge in [0.15, 0.2) is 0 Å². The monoisotopic (exact) mass is 205 g/mol. The molecule has 0 aliphatic carbocycles. The van der Waals surface area contributed by atoms with Crippen molar-refractivity contribution in [1.82, 2.24) is 24.9 Å². The fraction of sp³-hybridized carbons (Fsp3) is 0.444. The summed E-state index contributed by atoms with van der Waals surface area (Å²) in [5.74, 6) is 0.559. The Balaban J connectivity index is 1.92. The van der Waals surface area contributed by atoms with Crippen LogP contribution in [-0.2, 0) is 0 Å². The summed E-state index contributed by atoms with van der Waals surface area (Å²) in [6, 6.07) is 0. The van der Waals surface area contributed by atoms with Crippen molar-refractivity contribution in [1.29, 1.82) is 0 Å². The topological polar surface area (TPSA) is 64.3 Å². The van der Waals surface area contributed by atoms with E-state index in [9.17, 15) is 0 Å². The summed E-state index contributed by atoms with van der Waals surface area (Å²) >= 11 is 0. The van der Waals surface area contributed by atoms with Crippen LogP contribution in [0.4, 0.5) is 0 Å². The number of ether oxygens (including phenoxy) is 1. The zero-order chi connectivity index (χ0) is 10.1. The van der Waals surface area contributed by atoms with E-state index in [1.807, 2.05) is 0 Å². The quantitative estimate of drug-likeness (QED) is 0.739. The Kier molecular flexibility index (Phi) is 1.99. The zero-order valence-electron chi connectivity index (χ0n) is 8.13. The van der Waals surface area contributed by atoms with Gasteiger partial charge in [0.2, 0.25) is 5.65 Å². The zero-order valence-corrected chi connectivity index (χ0v) is 8.13. The van der Waals surface area contributed by atoms with Crippen molar-refractivity contribution in [3.8, 4) is 5.88 Å². The van der Waals surface area contributed by atoms with E-state index in [-0.39, 0.29) is 6.10 Å². The second-order valence-electron chi connectivity index (χ2n) is 3.53. The molecule has 0 bridgehead atoms. The van der Waals surface area contributed by atoms with Gasteiger partial charge in [0.05, 0.1) is 0 Å². The molecule has 1 saturated heterocycles. The molecule has 15 heavy (non-hydrogen) atoms. The SMILES string of the molecule is c1cn2cnnc2c(OC2CCNC2)n1. The molecule has 0 saturated carbocycles. The number of hydrogen-bond acceptors (Lipinski definition) is 5. The fourth-order valence-corrected chi connectivity index (χ4v) is 1.71. The molecule has 3 heterocycles. The Labute approximate surface area is 86.3 Å². The predicted molar refractivity (Wildman–Crippen MR) is 52.7 cm³/mol. The third kappa shape index (κ3) is 1.52. The van der Waals surface area contributed by atoms with Crippen molar-refractivity contribution in [2.24, 2.45) is 0 Å². The van der Waals surface area contributed by atoms with Crippen LogP contribution < -0.4 is 10.1 Å². The number of aromatic nitrogens is 4. The lowest BCUT2D eigenvalue weighted by atomic mass is 10.3. The standard InChI is InChI=1S/C9H11N5O/c1-2-10-5-7(1)15-9-8-13-12-6-14(8)4-3-11-9/h3-4,6-7,10H,1-2,5H2. The molecule has 0 radical (unpaired) electrons. The van der Waals surface area contributed by atoms with Gasteiger partial charge < -0.3 is 10.1 Å². The Morgan fingerprint density at radius 1 is 1.53 bits per heavy atom. The van der Waals surface area contributed by atoms with E-state index in [1.54, 1.807) is 23.1 Å². The molecular weight excluding hydrogens is 194 g/mol. The number of rotatable bonds is 2. The highest BCUT2D eigenvalue weighted by Gasteiger charge is 2.18. The van der Waals surface area contributed by atoms with Crippen LogP contribution in [0.25, 0.3) is 5.65 Å². The maximum Gasteiger partial charge on any atom is 0.260 e. The fourth-order valence-electron chi connectivity index (χ4n) is 1.71. The molecule has 6 nitrogen and oxygen atoms in total. The maximum atomic E-state index is 5.75. The molecule has 1 unspecified atom stereocenters. The van der Waals surface area contributed by atoms with Gasteiger partial charge in [-0.25, -0.2) is 4.98 Å². The Hall–Kier alpha value is -1.69.